The molecule has 2 aromatic rings. The molecule has 2 amide bonds. The Labute approximate surface area is 171 Å². The van der Waals surface area contributed by atoms with Crippen LogP contribution in [0.15, 0.2) is 48.5 Å². The molecule has 2 aromatic carbocycles. The van der Waals surface area contributed by atoms with Gasteiger partial charge < -0.3 is 15.0 Å². The highest BCUT2D eigenvalue weighted by Gasteiger charge is 2.27. The van der Waals surface area contributed by atoms with Crippen LogP contribution in [0.2, 0.25) is 0 Å². The molecule has 0 aliphatic carbocycles. The number of benzene rings is 2. The van der Waals surface area contributed by atoms with Gasteiger partial charge in [0.15, 0.2) is 6.61 Å². The molecule has 29 heavy (non-hydrogen) atoms. The van der Waals surface area contributed by atoms with Crippen LogP contribution in [0.4, 0.5) is 4.39 Å². The van der Waals surface area contributed by atoms with Gasteiger partial charge in [0, 0.05) is 12.6 Å². The Kier molecular flexibility index (Phi) is 8.19. The Morgan fingerprint density at radius 2 is 1.76 bits per heavy atom. The molecule has 1 N–H and O–H groups in total. The van der Waals surface area contributed by atoms with Gasteiger partial charge in [0.05, 0.1) is 0 Å². The first kappa shape index (κ1) is 22.4. The van der Waals surface area contributed by atoms with Crippen LogP contribution in [0.3, 0.4) is 0 Å². The van der Waals surface area contributed by atoms with Gasteiger partial charge in [-0.05, 0) is 56.5 Å². The molecular weight excluding hydrogens is 371 g/mol. The first-order valence-electron chi connectivity index (χ1n) is 9.84. The quantitative estimate of drug-likeness (QED) is 0.696. The molecule has 6 heteroatoms. The highest BCUT2D eigenvalue weighted by molar-refractivity contribution is 5.88. The fraction of sp³-hybridized carbons (Fsp3) is 0.391. The smallest absolute Gasteiger partial charge is 0.261 e. The van der Waals surface area contributed by atoms with E-state index in [-0.39, 0.29) is 36.8 Å². The molecule has 5 nitrogen and oxygen atoms in total. The molecule has 0 aliphatic heterocycles. The van der Waals surface area contributed by atoms with Crippen LogP contribution in [0, 0.1) is 12.7 Å². The van der Waals surface area contributed by atoms with Crippen molar-refractivity contribution in [3.8, 4) is 5.75 Å². The summed E-state index contributed by atoms with van der Waals surface area (Å²) in [5.41, 5.74) is 1.66. The summed E-state index contributed by atoms with van der Waals surface area (Å²) in [6.45, 7) is 7.48. The van der Waals surface area contributed by atoms with E-state index < -0.39 is 6.04 Å². The molecule has 0 spiro atoms. The lowest BCUT2D eigenvalue weighted by molar-refractivity contribution is -0.142. The minimum atomic E-state index is -0.693. The number of carbonyl (C=O) groups excluding carboxylic acids is 2. The van der Waals surface area contributed by atoms with Gasteiger partial charge in [0.1, 0.15) is 17.6 Å². The van der Waals surface area contributed by atoms with E-state index in [2.05, 4.69) is 5.32 Å². The van der Waals surface area contributed by atoms with E-state index in [0.29, 0.717) is 5.75 Å². The first-order chi connectivity index (χ1) is 13.8. The van der Waals surface area contributed by atoms with Crippen molar-refractivity contribution in [2.75, 3.05) is 6.61 Å². The molecule has 0 fully saturated rings. The van der Waals surface area contributed by atoms with Gasteiger partial charge in [-0.15, -0.1) is 0 Å². The third-order valence-electron chi connectivity index (χ3n) is 4.88. The third-order valence-corrected chi connectivity index (χ3v) is 4.88. The normalized spacial score (nSPS) is 12.7. The molecule has 0 unspecified atom stereocenters. The minimum absolute atomic E-state index is 0.0101. The summed E-state index contributed by atoms with van der Waals surface area (Å²) in [6.07, 6.45) is 0.792. The predicted octanol–water partition coefficient (Wildman–Crippen LogP) is 3.84. The number of nitrogens with zero attached hydrogens (tertiary/aromatic N) is 1. The molecule has 2 atom stereocenters. The van der Waals surface area contributed by atoms with Crippen LogP contribution < -0.4 is 10.1 Å². The number of carbonyl (C=O) groups is 2. The SMILES string of the molecule is CC[C@H](C)NC(=O)[C@H](C)N(Cc1ccc(F)cc1)C(=O)COc1ccccc1C. The minimum Gasteiger partial charge on any atom is -0.484 e. The van der Waals surface area contributed by atoms with E-state index in [1.165, 1.54) is 17.0 Å². The van der Waals surface area contributed by atoms with Crippen LogP contribution in [-0.2, 0) is 16.1 Å². The molecule has 0 aromatic heterocycles. The number of hydrogen-bond donors (Lipinski definition) is 1. The summed E-state index contributed by atoms with van der Waals surface area (Å²) in [5.74, 6) is -0.272. The van der Waals surface area contributed by atoms with Crippen molar-refractivity contribution in [3.63, 3.8) is 0 Å². The maximum atomic E-state index is 13.2. The van der Waals surface area contributed by atoms with Crippen LogP contribution in [-0.4, -0.2) is 35.4 Å². The summed E-state index contributed by atoms with van der Waals surface area (Å²) in [7, 11) is 0. The van der Waals surface area contributed by atoms with E-state index in [1.54, 1.807) is 25.1 Å². The molecule has 0 radical (unpaired) electrons. The van der Waals surface area contributed by atoms with Gasteiger partial charge in [-0.1, -0.05) is 37.3 Å². The number of ether oxygens (including phenoxy) is 1. The summed E-state index contributed by atoms with van der Waals surface area (Å²) >= 11 is 0. The van der Waals surface area contributed by atoms with Gasteiger partial charge in [0.25, 0.3) is 5.91 Å². The highest BCUT2D eigenvalue weighted by atomic mass is 19.1. The molecule has 0 heterocycles. The third kappa shape index (κ3) is 6.59. The van der Waals surface area contributed by atoms with Crippen molar-refractivity contribution in [2.45, 2.75) is 52.7 Å². The Morgan fingerprint density at radius 3 is 2.38 bits per heavy atom. The van der Waals surface area contributed by atoms with Gasteiger partial charge in [-0.2, -0.15) is 0 Å². The number of hydrogen-bond acceptors (Lipinski definition) is 3. The first-order valence-corrected chi connectivity index (χ1v) is 9.84. The van der Waals surface area contributed by atoms with E-state index in [9.17, 15) is 14.0 Å². The zero-order valence-electron chi connectivity index (χ0n) is 17.4. The fourth-order valence-corrected chi connectivity index (χ4v) is 2.78. The molecule has 0 saturated carbocycles. The van der Waals surface area contributed by atoms with E-state index in [1.807, 2.05) is 39.0 Å². The summed E-state index contributed by atoms with van der Waals surface area (Å²) in [4.78, 5) is 27.0. The molecule has 0 aliphatic rings. The number of aryl methyl sites for hydroxylation is 1. The Morgan fingerprint density at radius 1 is 1.10 bits per heavy atom. The van der Waals surface area contributed by atoms with Crippen LogP contribution in [0.1, 0.15) is 38.3 Å². The van der Waals surface area contributed by atoms with Crippen LogP contribution in [0.25, 0.3) is 0 Å². The molecule has 0 bridgehead atoms. The highest BCUT2D eigenvalue weighted by Crippen LogP contribution is 2.17. The number of nitrogens with one attached hydrogen (secondary N) is 1. The lowest BCUT2D eigenvalue weighted by atomic mass is 10.1. The van der Waals surface area contributed by atoms with Gasteiger partial charge in [0.2, 0.25) is 5.91 Å². The van der Waals surface area contributed by atoms with Crippen molar-refractivity contribution < 1.29 is 18.7 Å². The van der Waals surface area contributed by atoms with Crippen molar-refractivity contribution in [2.24, 2.45) is 0 Å². The Balaban J connectivity index is 2.15. The Hall–Kier alpha value is -2.89. The largest absolute Gasteiger partial charge is 0.484 e. The van der Waals surface area contributed by atoms with Gasteiger partial charge in [-0.3, -0.25) is 9.59 Å². The molecular formula is C23H29FN2O3. The summed E-state index contributed by atoms with van der Waals surface area (Å²) in [6, 6.07) is 12.6. The lowest BCUT2D eigenvalue weighted by Gasteiger charge is -2.29. The van der Waals surface area contributed by atoms with E-state index in [0.717, 1.165) is 17.5 Å². The van der Waals surface area contributed by atoms with Crippen molar-refractivity contribution in [1.29, 1.82) is 0 Å². The number of halogens is 1. The van der Waals surface area contributed by atoms with Crippen LogP contribution >= 0.6 is 0 Å². The number of amides is 2. The van der Waals surface area contributed by atoms with Gasteiger partial charge in [-0.25, -0.2) is 4.39 Å². The summed E-state index contributed by atoms with van der Waals surface area (Å²) < 4.78 is 18.9. The topological polar surface area (TPSA) is 58.6 Å². The zero-order chi connectivity index (χ0) is 21.4. The number of rotatable bonds is 9. The van der Waals surface area contributed by atoms with Crippen molar-refractivity contribution in [3.05, 3.63) is 65.5 Å². The summed E-state index contributed by atoms with van der Waals surface area (Å²) in [5, 5.41) is 2.91. The second kappa shape index (κ2) is 10.6. The molecule has 156 valence electrons. The van der Waals surface area contributed by atoms with Crippen molar-refractivity contribution >= 4 is 11.8 Å². The maximum Gasteiger partial charge on any atom is 0.261 e. The second-order valence-electron chi connectivity index (χ2n) is 7.20. The predicted molar refractivity (Wildman–Crippen MR) is 111 cm³/mol. The zero-order valence-corrected chi connectivity index (χ0v) is 17.4. The Bertz CT molecular complexity index is 823. The number of para-hydroxylation sites is 1. The maximum absolute atomic E-state index is 13.2. The van der Waals surface area contributed by atoms with E-state index in [4.69, 9.17) is 4.74 Å². The van der Waals surface area contributed by atoms with Crippen molar-refractivity contribution in [1.82, 2.24) is 10.2 Å². The average molecular weight is 400 g/mol. The second-order valence-corrected chi connectivity index (χ2v) is 7.20. The monoisotopic (exact) mass is 400 g/mol. The molecule has 0 saturated heterocycles. The van der Waals surface area contributed by atoms with Crippen LogP contribution in [0.5, 0.6) is 5.75 Å². The molecule has 2 rings (SSSR count). The van der Waals surface area contributed by atoms with E-state index >= 15 is 0 Å². The lowest BCUT2D eigenvalue weighted by Crippen LogP contribution is -2.50. The van der Waals surface area contributed by atoms with Gasteiger partial charge >= 0.3 is 0 Å². The average Bonchev–Trinajstić information content (AvgIpc) is 2.71. The standard InChI is InChI=1S/C23H29FN2O3/c1-5-17(3)25-23(28)18(4)26(14-19-10-12-20(24)13-11-19)22(27)15-29-21-9-7-6-8-16(21)2/h6-13,17-18H,5,14-15H2,1-4H3,(H,25,28)/t17-,18-/m0/s1. The fourth-order valence-electron chi connectivity index (χ4n) is 2.78.